The zero-order valence-corrected chi connectivity index (χ0v) is 20.0. The first-order chi connectivity index (χ1) is 15.3. The van der Waals surface area contributed by atoms with Crippen LogP contribution in [0.25, 0.3) is 11.0 Å². The zero-order valence-electron chi connectivity index (χ0n) is 19.2. The maximum absolute atomic E-state index is 13.1. The van der Waals surface area contributed by atoms with Crippen molar-refractivity contribution in [2.24, 2.45) is 0 Å². The number of carbonyl (C=O) groups is 1. The van der Waals surface area contributed by atoms with Crippen LogP contribution in [0.4, 0.5) is 0 Å². The quantitative estimate of drug-likeness (QED) is 0.524. The van der Waals surface area contributed by atoms with Crippen LogP contribution >= 0.6 is 11.6 Å². The van der Waals surface area contributed by atoms with Gasteiger partial charge in [-0.3, -0.25) is 9.69 Å². The molecule has 1 fully saturated rings. The largest absolute Gasteiger partial charge is 0.451 e. The van der Waals surface area contributed by atoms with Gasteiger partial charge >= 0.3 is 0 Å². The van der Waals surface area contributed by atoms with Crippen LogP contribution in [-0.2, 0) is 4.74 Å². The van der Waals surface area contributed by atoms with Crippen molar-refractivity contribution >= 4 is 28.5 Å². The molecular formula is C26H31ClN2O3. The molecule has 0 bridgehead atoms. The molecule has 0 aliphatic carbocycles. The predicted molar refractivity (Wildman–Crippen MR) is 129 cm³/mol. The van der Waals surface area contributed by atoms with Crippen molar-refractivity contribution in [3.05, 3.63) is 69.4 Å². The molecule has 0 radical (unpaired) electrons. The average Bonchev–Trinajstić information content (AvgIpc) is 3.10. The third-order valence-corrected chi connectivity index (χ3v) is 6.76. The summed E-state index contributed by atoms with van der Waals surface area (Å²) in [4.78, 5) is 15.5. The molecule has 1 aliphatic rings. The van der Waals surface area contributed by atoms with Gasteiger partial charge in [0.05, 0.1) is 19.3 Å². The van der Waals surface area contributed by atoms with Gasteiger partial charge in [-0.15, -0.1) is 0 Å². The average molecular weight is 455 g/mol. The summed E-state index contributed by atoms with van der Waals surface area (Å²) in [5.41, 5.74) is 4.93. The van der Waals surface area contributed by atoms with Crippen molar-refractivity contribution in [2.75, 3.05) is 32.8 Å². The highest BCUT2D eigenvalue weighted by Gasteiger charge is 2.25. The number of benzene rings is 2. The molecule has 6 heteroatoms. The summed E-state index contributed by atoms with van der Waals surface area (Å²) >= 11 is 6.28. The van der Waals surface area contributed by atoms with E-state index in [0.29, 0.717) is 42.0 Å². The maximum atomic E-state index is 13.1. The van der Waals surface area contributed by atoms with E-state index in [2.05, 4.69) is 48.3 Å². The summed E-state index contributed by atoms with van der Waals surface area (Å²) in [6.45, 7) is 11.8. The lowest BCUT2D eigenvalue weighted by molar-refractivity contribution is 0.0161. The molecule has 4 rings (SSSR count). The number of nitrogens with zero attached hydrogens (tertiary/aromatic N) is 1. The first-order valence-electron chi connectivity index (χ1n) is 11.2. The van der Waals surface area contributed by atoms with Crippen LogP contribution in [0.15, 0.2) is 40.8 Å². The summed E-state index contributed by atoms with van der Waals surface area (Å²) < 4.78 is 11.5. The highest BCUT2D eigenvalue weighted by Crippen LogP contribution is 2.30. The van der Waals surface area contributed by atoms with E-state index < -0.39 is 0 Å². The van der Waals surface area contributed by atoms with Crippen molar-refractivity contribution in [3.63, 3.8) is 0 Å². The second kappa shape index (κ2) is 9.65. The number of morpholine rings is 1. The number of ether oxygens (including phenoxy) is 1. The molecule has 1 saturated heterocycles. The Balaban J connectivity index is 1.55. The monoisotopic (exact) mass is 454 g/mol. The fraction of sp³-hybridized carbons (Fsp3) is 0.423. The number of halogens is 1. The molecule has 0 unspecified atom stereocenters. The smallest absolute Gasteiger partial charge is 0.287 e. The highest BCUT2D eigenvalue weighted by molar-refractivity contribution is 6.32. The van der Waals surface area contributed by atoms with Crippen LogP contribution < -0.4 is 5.32 Å². The standard InChI is InChI=1S/C26H31ClN2O3/c1-16(2)19-5-7-20(8-6-19)23(29-9-11-31-12-10-29)15-28-26(30)25-18(4)21-14-22(27)17(3)13-24(21)32-25/h5-8,13-14,16,23H,9-12,15H2,1-4H3,(H,28,30)/t23-/m0/s1. The maximum Gasteiger partial charge on any atom is 0.287 e. The third-order valence-electron chi connectivity index (χ3n) is 6.35. The van der Waals surface area contributed by atoms with E-state index in [1.165, 1.54) is 11.1 Å². The molecule has 1 amide bonds. The second-order valence-electron chi connectivity index (χ2n) is 8.85. The van der Waals surface area contributed by atoms with Gasteiger partial charge in [0.25, 0.3) is 5.91 Å². The van der Waals surface area contributed by atoms with E-state index in [-0.39, 0.29) is 11.9 Å². The van der Waals surface area contributed by atoms with Gasteiger partial charge in [-0.05, 0) is 48.6 Å². The number of amides is 1. The Morgan fingerprint density at radius 2 is 1.75 bits per heavy atom. The van der Waals surface area contributed by atoms with E-state index in [1.807, 2.05) is 26.0 Å². The Morgan fingerprint density at radius 3 is 2.41 bits per heavy atom. The lowest BCUT2D eigenvalue weighted by Gasteiger charge is -2.35. The number of hydrogen-bond donors (Lipinski definition) is 1. The minimum atomic E-state index is -0.204. The molecular weight excluding hydrogens is 424 g/mol. The summed E-state index contributed by atoms with van der Waals surface area (Å²) in [6, 6.07) is 12.6. The Labute approximate surface area is 194 Å². The number of furan rings is 1. The fourth-order valence-electron chi connectivity index (χ4n) is 4.28. The van der Waals surface area contributed by atoms with Gasteiger partial charge in [0.15, 0.2) is 5.76 Å². The Kier molecular flexibility index (Phi) is 6.89. The van der Waals surface area contributed by atoms with Gasteiger partial charge in [-0.1, -0.05) is 49.7 Å². The van der Waals surface area contributed by atoms with Gasteiger partial charge in [-0.2, -0.15) is 0 Å². The summed E-state index contributed by atoms with van der Waals surface area (Å²) in [7, 11) is 0. The second-order valence-corrected chi connectivity index (χ2v) is 9.26. The Morgan fingerprint density at radius 1 is 1.09 bits per heavy atom. The molecule has 1 atom stereocenters. The Bertz CT molecular complexity index is 1100. The molecule has 2 heterocycles. The molecule has 32 heavy (non-hydrogen) atoms. The number of hydrogen-bond acceptors (Lipinski definition) is 4. The molecule has 1 aliphatic heterocycles. The van der Waals surface area contributed by atoms with E-state index in [1.54, 1.807) is 0 Å². The number of nitrogens with one attached hydrogen (secondary N) is 1. The molecule has 1 N–H and O–H groups in total. The molecule has 1 aromatic heterocycles. The normalized spacial score (nSPS) is 15.9. The molecule has 170 valence electrons. The minimum absolute atomic E-state index is 0.0745. The van der Waals surface area contributed by atoms with E-state index in [0.717, 1.165) is 29.6 Å². The van der Waals surface area contributed by atoms with Gasteiger partial charge in [0.1, 0.15) is 5.58 Å². The van der Waals surface area contributed by atoms with Crippen molar-refractivity contribution in [1.29, 1.82) is 0 Å². The van der Waals surface area contributed by atoms with Crippen molar-refractivity contribution in [2.45, 2.75) is 39.7 Å². The molecule has 2 aromatic carbocycles. The SMILES string of the molecule is Cc1cc2oc(C(=O)NC[C@@H](c3ccc(C(C)C)cc3)N3CCOCC3)c(C)c2cc1Cl. The Hall–Kier alpha value is -2.34. The van der Waals surface area contributed by atoms with E-state index >= 15 is 0 Å². The third kappa shape index (κ3) is 4.70. The van der Waals surface area contributed by atoms with Gasteiger partial charge in [-0.25, -0.2) is 0 Å². The van der Waals surface area contributed by atoms with Gasteiger partial charge in [0, 0.05) is 35.6 Å². The number of rotatable bonds is 6. The van der Waals surface area contributed by atoms with E-state index in [4.69, 9.17) is 20.8 Å². The van der Waals surface area contributed by atoms with Gasteiger partial charge < -0.3 is 14.5 Å². The van der Waals surface area contributed by atoms with Crippen LogP contribution in [0.2, 0.25) is 5.02 Å². The number of aryl methyl sites for hydroxylation is 2. The highest BCUT2D eigenvalue weighted by atomic mass is 35.5. The van der Waals surface area contributed by atoms with Crippen molar-refractivity contribution in [3.8, 4) is 0 Å². The van der Waals surface area contributed by atoms with Crippen molar-refractivity contribution in [1.82, 2.24) is 10.2 Å². The summed E-state index contributed by atoms with van der Waals surface area (Å²) in [5, 5.41) is 4.66. The zero-order chi connectivity index (χ0) is 22.8. The summed E-state index contributed by atoms with van der Waals surface area (Å²) in [6.07, 6.45) is 0. The first kappa shape index (κ1) is 22.8. The van der Waals surface area contributed by atoms with Crippen LogP contribution in [0.5, 0.6) is 0 Å². The van der Waals surface area contributed by atoms with Crippen LogP contribution in [0, 0.1) is 13.8 Å². The number of carbonyl (C=O) groups excluding carboxylic acids is 1. The number of fused-ring (bicyclic) bond motifs is 1. The lowest BCUT2D eigenvalue weighted by Crippen LogP contribution is -2.43. The van der Waals surface area contributed by atoms with Crippen LogP contribution in [-0.4, -0.2) is 43.7 Å². The fourth-order valence-corrected chi connectivity index (χ4v) is 4.44. The van der Waals surface area contributed by atoms with Crippen molar-refractivity contribution < 1.29 is 13.9 Å². The first-order valence-corrected chi connectivity index (χ1v) is 11.6. The van der Waals surface area contributed by atoms with Gasteiger partial charge in [0.2, 0.25) is 0 Å². The summed E-state index contributed by atoms with van der Waals surface area (Å²) in [5.74, 6) is 0.626. The molecule has 3 aromatic rings. The topological polar surface area (TPSA) is 54.7 Å². The van der Waals surface area contributed by atoms with Crippen LogP contribution in [0.3, 0.4) is 0 Å². The lowest BCUT2D eigenvalue weighted by atomic mass is 9.98. The molecule has 0 saturated carbocycles. The molecule has 5 nitrogen and oxygen atoms in total. The molecule has 0 spiro atoms. The van der Waals surface area contributed by atoms with Crippen LogP contribution in [0.1, 0.15) is 58.6 Å². The van der Waals surface area contributed by atoms with E-state index in [9.17, 15) is 4.79 Å². The predicted octanol–water partition coefficient (Wildman–Crippen LogP) is 5.63. The minimum Gasteiger partial charge on any atom is -0.451 e.